The zero-order chi connectivity index (χ0) is 14.8. The number of hydrogen-bond donors (Lipinski definition) is 0. The summed E-state index contributed by atoms with van der Waals surface area (Å²) in [5, 5.41) is 0.313. The Balaban J connectivity index is 1.69. The van der Waals surface area contributed by atoms with Crippen LogP contribution in [0.5, 0.6) is 0 Å². The van der Waals surface area contributed by atoms with E-state index < -0.39 is 0 Å². The van der Waals surface area contributed by atoms with E-state index in [0.717, 1.165) is 19.3 Å². The van der Waals surface area contributed by atoms with Crippen LogP contribution in [0.25, 0.3) is 0 Å². The number of carbonyl (C=O) groups is 1. The molecule has 0 aliphatic heterocycles. The molecule has 4 aliphatic carbocycles. The van der Waals surface area contributed by atoms with Gasteiger partial charge in [0.25, 0.3) is 0 Å². The molecule has 5 unspecified atom stereocenters. The predicted molar refractivity (Wildman–Crippen MR) is 86.4 cm³/mol. The quantitative estimate of drug-likeness (QED) is 0.562. The topological polar surface area (TPSA) is 17.1 Å². The second-order valence-corrected chi connectivity index (χ2v) is 9.69. The third-order valence-corrected chi connectivity index (χ3v) is 8.58. The number of rotatable bonds is 0. The Hall–Kier alpha value is -0.0400. The monoisotopic (exact) mass is 308 g/mol. The minimum absolute atomic E-state index is 0.313. The molecule has 0 heterocycles. The fraction of sp³-hybridized carbons (Fsp3) is 0.947. The maximum absolute atomic E-state index is 13.0. The summed E-state index contributed by atoms with van der Waals surface area (Å²) in [4.78, 5) is 13.0. The average Bonchev–Trinajstić information content (AvgIpc) is 2.82. The lowest BCUT2D eigenvalue weighted by Gasteiger charge is -2.59. The molecule has 0 saturated heterocycles. The summed E-state index contributed by atoms with van der Waals surface area (Å²) in [6.07, 6.45) is 11.0. The van der Waals surface area contributed by atoms with Gasteiger partial charge in [0.1, 0.15) is 5.78 Å². The minimum Gasteiger partial charge on any atom is -0.299 e. The van der Waals surface area contributed by atoms with Crippen molar-refractivity contribution in [1.29, 1.82) is 0 Å². The lowest BCUT2D eigenvalue weighted by molar-refractivity contribution is -0.153. The van der Waals surface area contributed by atoms with Crippen molar-refractivity contribution >= 4 is 17.4 Å². The van der Waals surface area contributed by atoms with Gasteiger partial charge in [-0.1, -0.05) is 20.3 Å². The second kappa shape index (κ2) is 4.73. The summed E-state index contributed by atoms with van der Waals surface area (Å²) in [5.74, 6) is 2.90. The highest BCUT2D eigenvalue weighted by Gasteiger charge is 2.60. The molecule has 21 heavy (non-hydrogen) atoms. The first kappa shape index (κ1) is 14.5. The van der Waals surface area contributed by atoms with Crippen LogP contribution >= 0.6 is 11.6 Å². The number of ketones is 1. The van der Waals surface area contributed by atoms with Crippen LogP contribution in [0, 0.1) is 34.5 Å². The summed E-state index contributed by atoms with van der Waals surface area (Å²) in [6, 6.07) is 0. The van der Waals surface area contributed by atoms with Gasteiger partial charge in [0, 0.05) is 17.7 Å². The number of halogens is 1. The highest BCUT2D eigenvalue weighted by atomic mass is 35.5. The number of hydrogen-bond acceptors (Lipinski definition) is 1. The lowest BCUT2D eigenvalue weighted by Crippen LogP contribution is -2.56. The molecule has 0 aromatic carbocycles. The Morgan fingerprint density at radius 1 is 1.05 bits per heavy atom. The van der Waals surface area contributed by atoms with Gasteiger partial charge in [-0.3, -0.25) is 4.79 Å². The van der Waals surface area contributed by atoms with E-state index in [2.05, 4.69) is 13.8 Å². The summed E-state index contributed by atoms with van der Waals surface area (Å²) in [6.45, 7) is 4.97. The molecule has 0 N–H and O–H groups in total. The van der Waals surface area contributed by atoms with Crippen molar-refractivity contribution in [2.24, 2.45) is 34.5 Å². The summed E-state index contributed by atoms with van der Waals surface area (Å²) >= 11 is 6.42. The van der Waals surface area contributed by atoms with E-state index in [4.69, 9.17) is 11.6 Å². The fourth-order valence-electron chi connectivity index (χ4n) is 6.87. The molecular weight excluding hydrogens is 280 g/mol. The molecule has 0 spiro atoms. The Kier molecular flexibility index (Phi) is 3.27. The maximum Gasteiger partial charge on any atom is 0.136 e. The van der Waals surface area contributed by atoms with Crippen molar-refractivity contribution in [3.05, 3.63) is 0 Å². The first-order valence-electron chi connectivity index (χ1n) is 9.11. The van der Waals surface area contributed by atoms with Gasteiger partial charge in [-0.2, -0.15) is 0 Å². The van der Waals surface area contributed by atoms with E-state index >= 15 is 0 Å². The molecule has 0 radical (unpaired) electrons. The Labute approximate surface area is 134 Å². The Morgan fingerprint density at radius 3 is 2.67 bits per heavy atom. The van der Waals surface area contributed by atoms with E-state index in [1.807, 2.05) is 0 Å². The van der Waals surface area contributed by atoms with Crippen LogP contribution in [-0.2, 0) is 4.79 Å². The smallest absolute Gasteiger partial charge is 0.136 e. The van der Waals surface area contributed by atoms with Crippen LogP contribution in [0.4, 0.5) is 0 Å². The van der Waals surface area contributed by atoms with Crippen molar-refractivity contribution in [3.8, 4) is 0 Å². The molecule has 0 aromatic rings. The molecule has 1 nitrogen and oxygen atoms in total. The van der Waals surface area contributed by atoms with Gasteiger partial charge < -0.3 is 0 Å². The van der Waals surface area contributed by atoms with Crippen LogP contribution in [-0.4, -0.2) is 11.2 Å². The number of alkyl halides is 1. The van der Waals surface area contributed by atoms with Gasteiger partial charge in [-0.15, -0.1) is 11.6 Å². The fourth-order valence-corrected chi connectivity index (χ4v) is 7.19. The summed E-state index contributed by atoms with van der Waals surface area (Å²) < 4.78 is 0. The van der Waals surface area contributed by atoms with Crippen LogP contribution < -0.4 is 0 Å². The number of fused-ring (bicyclic) bond motifs is 5. The van der Waals surface area contributed by atoms with Gasteiger partial charge in [-0.25, -0.2) is 0 Å². The third kappa shape index (κ3) is 1.98. The lowest BCUT2D eigenvalue weighted by atomic mass is 9.45. The number of Topliss-reactive ketones (excluding diaryl/α,β-unsaturated/α-hetero) is 1. The maximum atomic E-state index is 13.0. The molecule has 4 saturated carbocycles. The van der Waals surface area contributed by atoms with Crippen LogP contribution in [0.1, 0.15) is 71.6 Å². The molecule has 4 rings (SSSR count). The van der Waals surface area contributed by atoms with Crippen LogP contribution in [0.3, 0.4) is 0 Å². The third-order valence-electron chi connectivity index (χ3n) is 8.19. The van der Waals surface area contributed by atoms with Crippen molar-refractivity contribution in [3.63, 3.8) is 0 Å². The van der Waals surface area contributed by atoms with Gasteiger partial charge in [0.2, 0.25) is 0 Å². The van der Waals surface area contributed by atoms with E-state index in [0.29, 0.717) is 45.7 Å². The SMILES string of the molecule is CC12CCCC1C1C(=O)C[C@H]3C[C@H](Cl)CCC3(C)C1CC2. The van der Waals surface area contributed by atoms with Gasteiger partial charge in [-0.05, 0) is 73.5 Å². The van der Waals surface area contributed by atoms with Crippen molar-refractivity contribution < 1.29 is 4.79 Å². The molecule has 2 heteroatoms. The molecule has 0 bridgehead atoms. The molecule has 0 aromatic heterocycles. The summed E-state index contributed by atoms with van der Waals surface area (Å²) in [7, 11) is 0. The van der Waals surface area contributed by atoms with E-state index in [1.165, 1.54) is 38.5 Å². The highest BCUT2D eigenvalue weighted by Crippen LogP contribution is 2.65. The van der Waals surface area contributed by atoms with Gasteiger partial charge >= 0.3 is 0 Å². The summed E-state index contributed by atoms with van der Waals surface area (Å²) in [5.41, 5.74) is 0.873. The molecule has 0 amide bonds. The number of carbonyl (C=O) groups excluding carboxylic acids is 1. The first-order chi connectivity index (χ1) is 9.94. The van der Waals surface area contributed by atoms with Crippen LogP contribution in [0.15, 0.2) is 0 Å². The van der Waals surface area contributed by atoms with Crippen molar-refractivity contribution in [2.75, 3.05) is 0 Å². The molecule has 4 aliphatic rings. The highest BCUT2D eigenvalue weighted by molar-refractivity contribution is 6.20. The molecule has 7 atom stereocenters. The molecular formula is C19H29ClO. The van der Waals surface area contributed by atoms with E-state index in [9.17, 15) is 4.79 Å². The van der Waals surface area contributed by atoms with Gasteiger partial charge in [0.15, 0.2) is 0 Å². The average molecular weight is 309 g/mol. The standard InChI is InChI=1S/C19H29ClO/c1-18-7-3-4-14(18)17-15(6-8-18)19(2)9-5-13(20)10-12(19)11-16(17)21/h12-15,17H,3-11H2,1-2H3/t12-,13-,14?,15?,17?,18?,19?/m1/s1. The van der Waals surface area contributed by atoms with Gasteiger partial charge in [0.05, 0.1) is 0 Å². The van der Waals surface area contributed by atoms with Crippen molar-refractivity contribution in [1.82, 2.24) is 0 Å². The van der Waals surface area contributed by atoms with E-state index in [-0.39, 0.29) is 0 Å². The Bertz CT molecular complexity index is 460. The zero-order valence-electron chi connectivity index (χ0n) is 13.5. The molecule has 4 fully saturated rings. The second-order valence-electron chi connectivity index (χ2n) is 9.07. The Morgan fingerprint density at radius 2 is 1.86 bits per heavy atom. The predicted octanol–water partition coefficient (Wildman–Crippen LogP) is 5.21. The van der Waals surface area contributed by atoms with Crippen LogP contribution in [0.2, 0.25) is 0 Å². The van der Waals surface area contributed by atoms with Crippen molar-refractivity contribution in [2.45, 2.75) is 77.0 Å². The normalized spacial score (nSPS) is 56.5. The minimum atomic E-state index is 0.313. The first-order valence-corrected chi connectivity index (χ1v) is 9.54. The van der Waals surface area contributed by atoms with E-state index in [1.54, 1.807) is 0 Å². The zero-order valence-corrected chi connectivity index (χ0v) is 14.3. The molecule has 118 valence electrons. The largest absolute Gasteiger partial charge is 0.299 e.